The second-order valence-electron chi connectivity index (χ2n) is 9.71. The normalized spacial score (nSPS) is 15.0. The summed E-state index contributed by atoms with van der Waals surface area (Å²) in [6, 6.07) is 18.4. The van der Waals surface area contributed by atoms with Gasteiger partial charge in [0.2, 0.25) is 16.0 Å². The number of benzene rings is 2. The molecule has 0 atom stereocenters. The highest BCUT2D eigenvalue weighted by atomic mass is 32.2. The number of aryl methyl sites for hydroxylation is 1. The molecule has 0 saturated carbocycles. The van der Waals surface area contributed by atoms with Gasteiger partial charge in [-0.15, -0.1) is 0 Å². The minimum atomic E-state index is -3.75. The van der Waals surface area contributed by atoms with E-state index in [1.807, 2.05) is 29.9 Å². The molecule has 39 heavy (non-hydrogen) atoms. The Balaban J connectivity index is 1.33. The maximum atomic E-state index is 14.0. The van der Waals surface area contributed by atoms with Crippen molar-refractivity contribution in [1.82, 2.24) is 23.7 Å². The van der Waals surface area contributed by atoms with Crippen molar-refractivity contribution in [2.75, 3.05) is 30.8 Å². The molecule has 3 heterocycles. The maximum absolute atomic E-state index is 14.0. The number of para-hydroxylation sites is 1. The van der Waals surface area contributed by atoms with Crippen LogP contribution in [0.2, 0.25) is 0 Å². The van der Waals surface area contributed by atoms with E-state index >= 15 is 0 Å². The summed E-state index contributed by atoms with van der Waals surface area (Å²) in [5.41, 5.74) is 1.88. The SMILES string of the molecule is CN1CCC(N(Cc2cccn2C)S(=O)(=O)c2ccc(Nc3nccc(Nc4ccccc4F)n3)cc2)CC1. The van der Waals surface area contributed by atoms with Crippen molar-refractivity contribution < 1.29 is 12.8 Å². The summed E-state index contributed by atoms with van der Waals surface area (Å²) >= 11 is 0. The molecule has 0 amide bonds. The summed E-state index contributed by atoms with van der Waals surface area (Å²) in [5.74, 6) is 0.332. The number of hydrogen-bond acceptors (Lipinski definition) is 7. The van der Waals surface area contributed by atoms with Gasteiger partial charge >= 0.3 is 0 Å². The van der Waals surface area contributed by atoms with Crippen LogP contribution in [0.5, 0.6) is 0 Å². The van der Waals surface area contributed by atoms with Crippen molar-refractivity contribution in [2.45, 2.75) is 30.3 Å². The van der Waals surface area contributed by atoms with Gasteiger partial charge in [0.05, 0.1) is 17.1 Å². The molecule has 204 valence electrons. The average Bonchev–Trinajstić information content (AvgIpc) is 3.34. The van der Waals surface area contributed by atoms with E-state index in [0.29, 0.717) is 29.7 Å². The Morgan fingerprint density at radius 1 is 0.974 bits per heavy atom. The lowest BCUT2D eigenvalue weighted by Crippen LogP contribution is -2.46. The number of likely N-dealkylation sites (tertiary alicyclic amines) is 1. The van der Waals surface area contributed by atoms with Gasteiger partial charge in [-0.1, -0.05) is 12.1 Å². The van der Waals surface area contributed by atoms with E-state index < -0.39 is 10.0 Å². The maximum Gasteiger partial charge on any atom is 0.243 e. The van der Waals surface area contributed by atoms with Gasteiger partial charge in [0.25, 0.3) is 0 Å². The third-order valence-corrected chi connectivity index (χ3v) is 8.89. The smallest absolute Gasteiger partial charge is 0.243 e. The molecule has 4 aromatic rings. The van der Waals surface area contributed by atoms with Crippen LogP contribution < -0.4 is 10.6 Å². The highest BCUT2D eigenvalue weighted by Gasteiger charge is 2.33. The molecule has 0 aliphatic carbocycles. The van der Waals surface area contributed by atoms with Gasteiger partial charge < -0.3 is 20.1 Å². The molecule has 5 rings (SSSR count). The molecular weight excluding hydrogens is 517 g/mol. The van der Waals surface area contributed by atoms with Crippen LogP contribution in [0.1, 0.15) is 18.5 Å². The van der Waals surface area contributed by atoms with Crippen LogP contribution in [0, 0.1) is 5.82 Å². The van der Waals surface area contributed by atoms with Crippen molar-refractivity contribution in [3.05, 3.63) is 90.6 Å². The number of nitrogens with zero attached hydrogens (tertiary/aromatic N) is 5. The number of piperidine rings is 1. The summed E-state index contributed by atoms with van der Waals surface area (Å²) in [6.07, 6.45) is 5.06. The predicted molar refractivity (Wildman–Crippen MR) is 150 cm³/mol. The van der Waals surface area contributed by atoms with Crippen molar-refractivity contribution in [3.8, 4) is 0 Å². The third kappa shape index (κ3) is 6.27. The molecule has 2 N–H and O–H groups in total. The highest BCUT2D eigenvalue weighted by molar-refractivity contribution is 7.89. The largest absolute Gasteiger partial charge is 0.353 e. The van der Waals surface area contributed by atoms with Crippen molar-refractivity contribution in [3.63, 3.8) is 0 Å². The fourth-order valence-corrected chi connectivity index (χ4v) is 6.33. The van der Waals surface area contributed by atoms with Gasteiger partial charge in [-0.25, -0.2) is 17.8 Å². The van der Waals surface area contributed by atoms with E-state index in [4.69, 9.17) is 0 Å². The Morgan fingerprint density at radius 2 is 1.72 bits per heavy atom. The Bertz CT molecular complexity index is 1520. The Hall–Kier alpha value is -3.80. The second-order valence-corrected chi connectivity index (χ2v) is 11.6. The summed E-state index contributed by atoms with van der Waals surface area (Å²) in [5, 5.41) is 6.03. The average molecular weight is 550 g/mol. The number of aromatic nitrogens is 3. The number of hydrogen-bond donors (Lipinski definition) is 2. The van der Waals surface area contributed by atoms with Crippen LogP contribution in [-0.2, 0) is 23.6 Å². The van der Waals surface area contributed by atoms with Crippen molar-refractivity contribution in [1.29, 1.82) is 0 Å². The van der Waals surface area contributed by atoms with Gasteiger partial charge in [-0.2, -0.15) is 9.29 Å². The second kappa shape index (κ2) is 11.5. The number of anilines is 4. The first kappa shape index (κ1) is 26.8. The molecule has 2 aromatic heterocycles. The fraction of sp³-hybridized carbons (Fsp3) is 0.286. The van der Waals surface area contributed by atoms with Crippen LogP contribution in [0.15, 0.2) is 84.0 Å². The molecule has 1 aliphatic heterocycles. The fourth-order valence-electron chi connectivity index (χ4n) is 4.68. The Kier molecular flexibility index (Phi) is 7.92. The number of nitrogens with one attached hydrogen (secondary N) is 2. The zero-order valence-corrected chi connectivity index (χ0v) is 22.8. The van der Waals surface area contributed by atoms with Gasteiger partial charge in [0, 0.05) is 36.9 Å². The first-order chi connectivity index (χ1) is 18.8. The van der Waals surface area contributed by atoms with E-state index in [0.717, 1.165) is 31.6 Å². The van der Waals surface area contributed by atoms with E-state index in [1.165, 1.54) is 6.07 Å². The zero-order valence-electron chi connectivity index (χ0n) is 22.0. The Labute approximate surface area is 228 Å². The molecule has 0 unspecified atom stereocenters. The molecular formula is C28H32FN7O2S. The van der Waals surface area contributed by atoms with Crippen LogP contribution in [0.25, 0.3) is 0 Å². The van der Waals surface area contributed by atoms with Gasteiger partial charge in [0.15, 0.2) is 0 Å². The lowest BCUT2D eigenvalue weighted by atomic mass is 10.1. The summed E-state index contributed by atoms with van der Waals surface area (Å²) < 4.78 is 45.4. The molecule has 1 aliphatic rings. The molecule has 11 heteroatoms. The minimum Gasteiger partial charge on any atom is -0.353 e. The van der Waals surface area contributed by atoms with Crippen LogP contribution in [-0.4, -0.2) is 58.3 Å². The number of halogens is 1. The first-order valence-electron chi connectivity index (χ1n) is 12.8. The van der Waals surface area contributed by atoms with Crippen LogP contribution in [0.4, 0.5) is 27.5 Å². The van der Waals surface area contributed by atoms with E-state index in [2.05, 4.69) is 32.5 Å². The van der Waals surface area contributed by atoms with E-state index in [-0.39, 0.29) is 16.8 Å². The van der Waals surface area contributed by atoms with Gasteiger partial charge in [0.1, 0.15) is 11.6 Å². The lowest BCUT2D eigenvalue weighted by molar-refractivity contribution is 0.177. The molecule has 0 bridgehead atoms. The molecule has 0 spiro atoms. The monoisotopic (exact) mass is 549 g/mol. The zero-order chi connectivity index (χ0) is 27.4. The highest BCUT2D eigenvalue weighted by Crippen LogP contribution is 2.28. The van der Waals surface area contributed by atoms with Crippen molar-refractivity contribution in [2.24, 2.45) is 7.05 Å². The number of sulfonamides is 1. The van der Waals surface area contributed by atoms with Crippen molar-refractivity contribution >= 4 is 33.2 Å². The molecule has 1 fully saturated rings. The lowest BCUT2D eigenvalue weighted by Gasteiger charge is -2.36. The first-order valence-corrected chi connectivity index (χ1v) is 14.3. The minimum absolute atomic E-state index is 0.0722. The summed E-state index contributed by atoms with van der Waals surface area (Å²) in [6.45, 7) is 2.03. The third-order valence-electron chi connectivity index (χ3n) is 6.97. The van der Waals surface area contributed by atoms with Crippen LogP contribution >= 0.6 is 0 Å². The molecule has 9 nitrogen and oxygen atoms in total. The predicted octanol–water partition coefficient (Wildman–Crippen LogP) is 4.73. The summed E-state index contributed by atoms with van der Waals surface area (Å²) in [7, 11) is 0.243. The standard InChI is InChI=1S/C28H32FN7O2S/c1-34-18-14-22(15-19-34)36(20-23-6-5-17-35(23)2)39(37,38)24-11-9-21(10-12-24)31-28-30-16-13-27(33-28)32-26-8-4-3-7-25(26)29/h3-13,16-17,22H,14-15,18-20H2,1-2H3,(H2,30,31,32,33). The van der Waals surface area contributed by atoms with E-state index in [1.54, 1.807) is 59.0 Å². The number of rotatable bonds is 9. The van der Waals surface area contributed by atoms with Gasteiger partial charge in [-0.3, -0.25) is 0 Å². The Morgan fingerprint density at radius 3 is 2.41 bits per heavy atom. The topological polar surface area (TPSA) is 95.4 Å². The summed E-state index contributed by atoms with van der Waals surface area (Å²) in [4.78, 5) is 11.1. The molecule has 0 radical (unpaired) electrons. The molecule has 1 saturated heterocycles. The van der Waals surface area contributed by atoms with Crippen LogP contribution in [0.3, 0.4) is 0 Å². The van der Waals surface area contributed by atoms with E-state index in [9.17, 15) is 12.8 Å². The molecule has 2 aromatic carbocycles. The quantitative estimate of drug-likeness (QED) is 0.312. The van der Waals surface area contributed by atoms with Gasteiger partial charge in [-0.05, 0) is 87.6 Å².